The zero-order chi connectivity index (χ0) is 13.9. The van der Waals surface area contributed by atoms with E-state index in [2.05, 4.69) is 25.7 Å². The molecule has 2 aromatic heterocycles. The Balaban J connectivity index is 2.10. The van der Waals surface area contributed by atoms with Crippen LogP contribution in [0.5, 0.6) is 0 Å². The van der Waals surface area contributed by atoms with Gasteiger partial charge in [0.25, 0.3) is 5.56 Å². The standard InChI is InChI=1S/C13H11N5OS/c1-14-13-18-17-12(20-13)9-7-10(15-16-11(9)19)8-5-3-2-4-6-8/h2-7H,1H3,(H,14,18)(H,16,19). The molecule has 0 saturated carbocycles. The Morgan fingerprint density at radius 2 is 2.00 bits per heavy atom. The third kappa shape index (κ3) is 2.30. The van der Waals surface area contributed by atoms with E-state index in [4.69, 9.17) is 0 Å². The van der Waals surface area contributed by atoms with E-state index in [0.717, 1.165) is 5.56 Å². The molecule has 0 bridgehead atoms. The summed E-state index contributed by atoms with van der Waals surface area (Å²) < 4.78 is 0. The lowest BCUT2D eigenvalue weighted by atomic mass is 10.1. The Bertz CT molecular complexity index is 781. The maximum Gasteiger partial charge on any atom is 0.274 e. The van der Waals surface area contributed by atoms with Gasteiger partial charge in [-0.3, -0.25) is 4.79 Å². The first-order valence-corrected chi connectivity index (χ1v) is 6.76. The van der Waals surface area contributed by atoms with Crippen molar-refractivity contribution in [1.82, 2.24) is 20.4 Å². The number of hydrogen-bond acceptors (Lipinski definition) is 6. The molecule has 1 aromatic carbocycles. The van der Waals surface area contributed by atoms with E-state index < -0.39 is 0 Å². The fraction of sp³-hybridized carbons (Fsp3) is 0.0769. The summed E-state index contributed by atoms with van der Waals surface area (Å²) in [5.74, 6) is 0. The van der Waals surface area contributed by atoms with E-state index in [0.29, 0.717) is 21.4 Å². The molecule has 0 aliphatic carbocycles. The average Bonchev–Trinajstić information content (AvgIpc) is 2.97. The molecule has 0 aliphatic rings. The van der Waals surface area contributed by atoms with Crippen LogP contribution in [0.4, 0.5) is 5.13 Å². The summed E-state index contributed by atoms with van der Waals surface area (Å²) in [5.41, 5.74) is 1.83. The Morgan fingerprint density at radius 1 is 1.20 bits per heavy atom. The summed E-state index contributed by atoms with van der Waals surface area (Å²) in [6.45, 7) is 0. The second-order valence-corrected chi connectivity index (χ2v) is 5.00. The molecular weight excluding hydrogens is 274 g/mol. The molecule has 2 N–H and O–H groups in total. The van der Waals surface area contributed by atoms with E-state index >= 15 is 0 Å². The molecule has 0 fully saturated rings. The maximum atomic E-state index is 11.9. The van der Waals surface area contributed by atoms with Crippen molar-refractivity contribution >= 4 is 16.5 Å². The van der Waals surface area contributed by atoms with Crippen LogP contribution in [0.2, 0.25) is 0 Å². The van der Waals surface area contributed by atoms with E-state index in [1.54, 1.807) is 13.1 Å². The Morgan fingerprint density at radius 3 is 2.70 bits per heavy atom. The maximum absolute atomic E-state index is 11.9. The van der Waals surface area contributed by atoms with Gasteiger partial charge in [0.15, 0.2) is 5.01 Å². The van der Waals surface area contributed by atoms with Gasteiger partial charge in [0, 0.05) is 12.6 Å². The van der Waals surface area contributed by atoms with Gasteiger partial charge in [-0.2, -0.15) is 5.10 Å². The minimum absolute atomic E-state index is 0.275. The summed E-state index contributed by atoms with van der Waals surface area (Å²) >= 11 is 1.32. The first-order valence-electron chi connectivity index (χ1n) is 5.94. The molecule has 3 aromatic rings. The van der Waals surface area contributed by atoms with Crippen LogP contribution in [-0.4, -0.2) is 27.4 Å². The highest BCUT2D eigenvalue weighted by Crippen LogP contribution is 2.25. The van der Waals surface area contributed by atoms with Gasteiger partial charge in [-0.1, -0.05) is 41.7 Å². The fourth-order valence-electron chi connectivity index (χ4n) is 1.75. The van der Waals surface area contributed by atoms with Crippen molar-refractivity contribution < 1.29 is 0 Å². The number of aromatic nitrogens is 4. The molecule has 0 radical (unpaired) electrons. The van der Waals surface area contributed by atoms with Gasteiger partial charge in [0.05, 0.1) is 11.3 Å². The molecule has 0 unspecified atom stereocenters. The SMILES string of the molecule is CNc1nnc(-c2cc(-c3ccccc3)n[nH]c2=O)s1. The highest BCUT2D eigenvalue weighted by atomic mass is 32.1. The summed E-state index contributed by atoms with van der Waals surface area (Å²) in [6.07, 6.45) is 0. The highest BCUT2D eigenvalue weighted by Gasteiger charge is 2.12. The normalized spacial score (nSPS) is 10.4. The molecule has 2 heterocycles. The number of rotatable bonds is 3. The van der Waals surface area contributed by atoms with Crippen LogP contribution < -0.4 is 10.9 Å². The van der Waals surface area contributed by atoms with Gasteiger partial charge >= 0.3 is 0 Å². The fourth-order valence-corrected chi connectivity index (χ4v) is 2.46. The van der Waals surface area contributed by atoms with Gasteiger partial charge in [0.1, 0.15) is 0 Å². The molecule has 0 atom stereocenters. The molecule has 3 rings (SSSR count). The minimum atomic E-state index is -0.275. The molecule has 0 spiro atoms. The largest absolute Gasteiger partial charge is 0.363 e. The summed E-state index contributed by atoms with van der Waals surface area (Å²) in [6, 6.07) is 11.4. The van der Waals surface area contributed by atoms with Gasteiger partial charge in [-0.25, -0.2) is 5.10 Å². The third-order valence-corrected chi connectivity index (χ3v) is 3.72. The predicted octanol–water partition coefficient (Wildman–Crippen LogP) is 2.00. The van der Waals surface area contributed by atoms with Crippen molar-refractivity contribution in [1.29, 1.82) is 0 Å². The number of nitrogens with zero attached hydrogens (tertiary/aromatic N) is 3. The summed E-state index contributed by atoms with van der Waals surface area (Å²) in [4.78, 5) is 11.9. The van der Waals surface area contributed by atoms with E-state index in [9.17, 15) is 4.79 Å². The summed E-state index contributed by atoms with van der Waals surface area (Å²) in [5, 5.41) is 18.6. The number of anilines is 1. The quantitative estimate of drug-likeness (QED) is 0.769. The molecule has 6 nitrogen and oxygen atoms in total. The number of benzene rings is 1. The molecule has 0 amide bonds. The first-order chi connectivity index (χ1) is 9.78. The zero-order valence-corrected chi connectivity index (χ0v) is 11.4. The number of nitrogens with one attached hydrogen (secondary N) is 2. The monoisotopic (exact) mass is 285 g/mol. The van der Waals surface area contributed by atoms with Crippen molar-refractivity contribution in [2.24, 2.45) is 0 Å². The van der Waals surface area contributed by atoms with Crippen LogP contribution >= 0.6 is 11.3 Å². The van der Waals surface area contributed by atoms with Crippen molar-refractivity contribution in [2.75, 3.05) is 12.4 Å². The van der Waals surface area contributed by atoms with E-state index in [1.165, 1.54) is 11.3 Å². The molecule has 0 saturated heterocycles. The third-order valence-electron chi connectivity index (χ3n) is 2.74. The smallest absolute Gasteiger partial charge is 0.274 e. The van der Waals surface area contributed by atoms with Gasteiger partial charge < -0.3 is 5.32 Å². The lowest BCUT2D eigenvalue weighted by Gasteiger charge is -2.01. The molecule has 7 heteroatoms. The van der Waals surface area contributed by atoms with Gasteiger partial charge in [0.2, 0.25) is 5.13 Å². The van der Waals surface area contributed by atoms with E-state index in [1.807, 2.05) is 30.3 Å². The van der Waals surface area contributed by atoms with Crippen LogP contribution in [0, 0.1) is 0 Å². The predicted molar refractivity (Wildman–Crippen MR) is 78.7 cm³/mol. The van der Waals surface area contributed by atoms with Crippen molar-refractivity contribution in [3.8, 4) is 21.8 Å². The highest BCUT2D eigenvalue weighted by molar-refractivity contribution is 7.18. The molecule has 20 heavy (non-hydrogen) atoms. The van der Waals surface area contributed by atoms with Crippen LogP contribution in [-0.2, 0) is 0 Å². The van der Waals surface area contributed by atoms with Crippen LogP contribution in [0.25, 0.3) is 21.8 Å². The average molecular weight is 285 g/mol. The van der Waals surface area contributed by atoms with Crippen molar-refractivity contribution in [3.63, 3.8) is 0 Å². The van der Waals surface area contributed by atoms with Crippen molar-refractivity contribution in [3.05, 3.63) is 46.8 Å². The Kier molecular flexibility index (Phi) is 3.26. The Labute approximate surface area is 118 Å². The number of hydrogen-bond donors (Lipinski definition) is 2. The minimum Gasteiger partial charge on any atom is -0.363 e. The molecule has 100 valence electrons. The Hall–Kier alpha value is -2.54. The van der Waals surface area contributed by atoms with Crippen LogP contribution in [0.3, 0.4) is 0 Å². The van der Waals surface area contributed by atoms with Crippen LogP contribution in [0.1, 0.15) is 0 Å². The number of aromatic amines is 1. The molecular formula is C13H11N5OS. The topological polar surface area (TPSA) is 83.6 Å². The van der Waals surface area contributed by atoms with Gasteiger partial charge in [-0.15, -0.1) is 10.2 Å². The van der Waals surface area contributed by atoms with Crippen LogP contribution in [0.15, 0.2) is 41.2 Å². The number of H-pyrrole nitrogens is 1. The van der Waals surface area contributed by atoms with Gasteiger partial charge in [-0.05, 0) is 6.07 Å². The summed E-state index contributed by atoms with van der Waals surface area (Å²) in [7, 11) is 1.76. The second-order valence-electron chi connectivity index (χ2n) is 4.02. The van der Waals surface area contributed by atoms with Crippen molar-refractivity contribution in [2.45, 2.75) is 0 Å². The zero-order valence-electron chi connectivity index (χ0n) is 10.6. The lowest BCUT2D eigenvalue weighted by Crippen LogP contribution is -2.11. The molecule has 0 aliphatic heterocycles. The lowest BCUT2D eigenvalue weighted by molar-refractivity contribution is 0.992. The first kappa shape index (κ1) is 12.5. The second kappa shape index (κ2) is 5.22. The van der Waals surface area contributed by atoms with E-state index in [-0.39, 0.29) is 5.56 Å².